The lowest BCUT2D eigenvalue weighted by Gasteiger charge is -2.33. The number of nitrogens with one attached hydrogen (secondary N) is 1. The molecule has 1 aliphatic rings. The molecular weight excluding hydrogens is 258 g/mol. The Hall–Kier alpha value is -0.120. The predicted octanol–water partition coefficient (Wildman–Crippen LogP) is 3.06. The Morgan fingerprint density at radius 2 is 1.71 bits per heavy atom. The molecule has 1 unspecified atom stereocenters. The summed E-state index contributed by atoms with van der Waals surface area (Å²) in [4.78, 5) is 4.99. The van der Waals surface area contributed by atoms with Crippen molar-refractivity contribution < 1.29 is 0 Å². The molecule has 0 aromatic rings. The van der Waals surface area contributed by atoms with Gasteiger partial charge in [-0.2, -0.15) is 0 Å². The van der Waals surface area contributed by atoms with Crippen molar-refractivity contribution in [1.82, 2.24) is 15.1 Å². The van der Waals surface area contributed by atoms with Crippen molar-refractivity contribution in [2.45, 2.75) is 58.9 Å². The molecule has 126 valence electrons. The Bertz CT molecular complexity index is 247. The van der Waals surface area contributed by atoms with E-state index in [-0.39, 0.29) is 0 Å². The van der Waals surface area contributed by atoms with Gasteiger partial charge in [0.1, 0.15) is 0 Å². The van der Waals surface area contributed by atoms with Crippen LogP contribution in [0.25, 0.3) is 0 Å². The normalized spacial score (nSPS) is 18.3. The van der Waals surface area contributed by atoms with Gasteiger partial charge in [0.15, 0.2) is 0 Å². The van der Waals surface area contributed by atoms with Gasteiger partial charge < -0.3 is 15.1 Å². The first-order chi connectivity index (χ1) is 10.0. The first-order valence-electron chi connectivity index (χ1n) is 9.13. The molecule has 21 heavy (non-hydrogen) atoms. The Kier molecular flexibility index (Phi) is 9.54. The molecule has 1 rings (SSSR count). The van der Waals surface area contributed by atoms with E-state index in [9.17, 15) is 0 Å². The zero-order chi connectivity index (χ0) is 15.7. The maximum absolute atomic E-state index is 3.85. The molecule has 1 aliphatic carbocycles. The van der Waals surface area contributed by atoms with Gasteiger partial charge >= 0.3 is 0 Å². The van der Waals surface area contributed by atoms with Gasteiger partial charge in [-0.25, -0.2) is 0 Å². The third kappa shape index (κ3) is 8.18. The lowest BCUT2D eigenvalue weighted by molar-refractivity contribution is 0.176. The average Bonchev–Trinajstić information content (AvgIpc) is 2.93. The Morgan fingerprint density at radius 1 is 1.05 bits per heavy atom. The maximum atomic E-state index is 3.85. The molecule has 0 bridgehead atoms. The van der Waals surface area contributed by atoms with Crippen molar-refractivity contribution in [2.75, 3.05) is 46.8 Å². The summed E-state index contributed by atoms with van der Waals surface area (Å²) < 4.78 is 0. The van der Waals surface area contributed by atoms with Crippen molar-refractivity contribution in [2.24, 2.45) is 11.8 Å². The van der Waals surface area contributed by atoms with Gasteiger partial charge in [-0.15, -0.1) is 0 Å². The van der Waals surface area contributed by atoms with Crippen LogP contribution < -0.4 is 5.32 Å². The summed E-state index contributed by atoms with van der Waals surface area (Å²) in [6.07, 6.45) is 6.99. The van der Waals surface area contributed by atoms with E-state index in [4.69, 9.17) is 0 Å². The average molecular weight is 298 g/mol. The van der Waals surface area contributed by atoms with E-state index in [1.807, 2.05) is 0 Å². The van der Waals surface area contributed by atoms with Crippen molar-refractivity contribution in [3.63, 3.8) is 0 Å². The summed E-state index contributed by atoms with van der Waals surface area (Å²) in [5, 5.41) is 3.85. The standard InChI is InChI=1S/C18H39N3/c1-6-11-19-18(17-9-7-8-10-17)15-21(14-16(2)3)13-12-20(4)5/h16-19H,6-15H2,1-5H3. The molecule has 0 aliphatic heterocycles. The maximum Gasteiger partial charge on any atom is 0.0223 e. The summed E-state index contributed by atoms with van der Waals surface area (Å²) in [6.45, 7) is 12.9. The highest BCUT2D eigenvalue weighted by Crippen LogP contribution is 2.28. The largest absolute Gasteiger partial charge is 0.312 e. The van der Waals surface area contributed by atoms with Crippen LogP contribution in [0.15, 0.2) is 0 Å². The monoisotopic (exact) mass is 297 g/mol. The van der Waals surface area contributed by atoms with E-state index >= 15 is 0 Å². The van der Waals surface area contributed by atoms with Gasteiger partial charge in [-0.1, -0.05) is 33.6 Å². The first kappa shape index (κ1) is 18.9. The third-order valence-corrected chi connectivity index (χ3v) is 4.57. The van der Waals surface area contributed by atoms with Crippen LogP contribution in [-0.2, 0) is 0 Å². The quantitative estimate of drug-likeness (QED) is 0.632. The van der Waals surface area contributed by atoms with Crippen LogP contribution in [0.3, 0.4) is 0 Å². The number of likely N-dealkylation sites (N-methyl/N-ethyl adjacent to an activating group) is 1. The van der Waals surface area contributed by atoms with Crippen LogP contribution in [0.1, 0.15) is 52.9 Å². The highest BCUT2D eigenvalue weighted by molar-refractivity contribution is 4.83. The summed E-state index contributed by atoms with van der Waals surface area (Å²) in [5.41, 5.74) is 0. The van der Waals surface area contributed by atoms with Gasteiger partial charge in [-0.3, -0.25) is 0 Å². The smallest absolute Gasteiger partial charge is 0.0223 e. The number of rotatable bonds is 11. The van der Waals surface area contributed by atoms with Gasteiger partial charge in [0, 0.05) is 32.2 Å². The number of hydrogen-bond donors (Lipinski definition) is 1. The van der Waals surface area contributed by atoms with Crippen molar-refractivity contribution >= 4 is 0 Å². The molecule has 1 N–H and O–H groups in total. The highest BCUT2D eigenvalue weighted by atomic mass is 15.2. The van der Waals surface area contributed by atoms with E-state index in [1.54, 1.807) is 0 Å². The molecule has 0 saturated heterocycles. The Morgan fingerprint density at radius 3 is 2.24 bits per heavy atom. The summed E-state index contributed by atoms with van der Waals surface area (Å²) in [6, 6.07) is 0.702. The molecule has 0 radical (unpaired) electrons. The van der Waals surface area contributed by atoms with Gasteiger partial charge in [0.25, 0.3) is 0 Å². The minimum atomic E-state index is 0.702. The second kappa shape index (κ2) is 10.6. The Labute approximate surface area is 133 Å². The molecule has 3 heteroatoms. The van der Waals surface area contributed by atoms with Gasteiger partial charge in [0.05, 0.1) is 0 Å². The van der Waals surface area contributed by atoms with E-state index in [0.717, 1.165) is 18.4 Å². The molecule has 1 fully saturated rings. The zero-order valence-electron chi connectivity index (χ0n) is 15.2. The second-order valence-electron chi connectivity index (χ2n) is 7.56. The van der Waals surface area contributed by atoms with E-state index in [1.165, 1.54) is 58.3 Å². The summed E-state index contributed by atoms with van der Waals surface area (Å²) in [7, 11) is 4.36. The van der Waals surface area contributed by atoms with Gasteiger partial charge in [-0.05, 0) is 51.7 Å². The molecule has 0 spiro atoms. The van der Waals surface area contributed by atoms with Crippen LogP contribution in [0, 0.1) is 11.8 Å². The fourth-order valence-corrected chi connectivity index (χ4v) is 3.46. The SMILES string of the molecule is CCCNC(CN(CCN(C)C)CC(C)C)C1CCCC1. The topological polar surface area (TPSA) is 18.5 Å². The van der Waals surface area contributed by atoms with Gasteiger partial charge in [0.2, 0.25) is 0 Å². The minimum Gasteiger partial charge on any atom is -0.312 e. The number of nitrogens with zero attached hydrogens (tertiary/aromatic N) is 2. The summed E-state index contributed by atoms with van der Waals surface area (Å²) >= 11 is 0. The molecule has 3 nitrogen and oxygen atoms in total. The third-order valence-electron chi connectivity index (χ3n) is 4.57. The van der Waals surface area contributed by atoms with E-state index in [2.05, 4.69) is 50.0 Å². The second-order valence-corrected chi connectivity index (χ2v) is 7.56. The molecule has 1 atom stereocenters. The van der Waals surface area contributed by atoms with E-state index < -0.39 is 0 Å². The van der Waals surface area contributed by atoms with E-state index in [0.29, 0.717) is 6.04 Å². The lowest BCUT2D eigenvalue weighted by atomic mass is 9.97. The number of hydrogen-bond acceptors (Lipinski definition) is 3. The molecule has 1 saturated carbocycles. The van der Waals surface area contributed by atoms with Crippen molar-refractivity contribution in [3.8, 4) is 0 Å². The molecular formula is C18H39N3. The minimum absolute atomic E-state index is 0.702. The molecule has 0 amide bonds. The molecule has 0 aromatic carbocycles. The predicted molar refractivity (Wildman–Crippen MR) is 93.9 cm³/mol. The lowest BCUT2D eigenvalue weighted by Crippen LogP contribution is -2.47. The van der Waals surface area contributed by atoms with Crippen molar-refractivity contribution in [3.05, 3.63) is 0 Å². The fourth-order valence-electron chi connectivity index (χ4n) is 3.46. The first-order valence-corrected chi connectivity index (χ1v) is 9.13. The molecule has 0 heterocycles. The van der Waals surface area contributed by atoms with Crippen LogP contribution in [0.2, 0.25) is 0 Å². The van der Waals surface area contributed by atoms with Crippen molar-refractivity contribution in [1.29, 1.82) is 0 Å². The highest BCUT2D eigenvalue weighted by Gasteiger charge is 2.26. The van der Waals surface area contributed by atoms with Crippen LogP contribution in [0.5, 0.6) is 0 Å². The van der Waals surface area contributed by atoms with Crippen LogP contribution >= 0.6 is 0 Å². The van der Waals surface area contributed by atoms with Crippen LogP contribution in [-0.4, -0.2) is 62.7 Å². The summed E-state index contributed by atoms with van der Waals surface area (Å²) in [5.74, 6) is 1.66. The zero-order valence-corrected chi connectivity index (χ0v) is 15.2. The van der Waals surface area contributed by atoms with Crippen LogP contribution in [0.4, 0.5) is 0 Å². The molecule has 0 aromatic heterocycles. The Balaban J connectivity index is 2.55. The fraction of sp³-hybridized carbons (Fsp3) is 1.00.